The molecule has 13 heavy (non-hydrogen) atoms. The minimum Gasteiger partial charge on any atom is -0.374 e. The number of H-pyrrole nitrogens is 1. The van der Waals surface area contributed by atoms with E-state index in [2.05, 4.69) is 15.5 Å². The quantitative estimate of drug-likeness (QED) is 0.764. The van der Waals surface area contributed by atoms with Crippen LogP contribution in [0.5, 0.6) is 0 Å². The maximum absolute atomic E-state index is 12.2. The van der Waals surface area contributed by atoms with Gasteiger partial charge in [0.05, 0.1) is 23.1 Å². The molecule has 1 aromatic heterocycles. The van der Waals surface area contributed by atoms with Gasteiger partial charge in [-0.25, -0.2) is 8.78 Å². The molecular weight excluding hydrogens is 176 g/mol. The highest BCUT2D eigenvalue weighted by Gasteiger charge is 2.16. The smallest absolute Gasteiger partial charge is 0.258 e. The van der Waals surface area contributed by atoms with Gasteiger partial charge in [-0.15, -0.1) is 0 Å². The van der Waals surface area contributed by atoms with Crippen LogP contribution in [0.1, 0.15) is 18.3 Å². The van der Waals surface area contributed by atoms with Crippen molar-refractivity contribution in [2.24, 2.45) is 0 Å². The summed E-state index contributed by atoms with van der Waals surface area (Å²) in [7, 11) is 0. The topological polar surface area (TPSA) is 40.7 Å². The fourth-order valence-electron chi connectivity index (χ4n) is 1.05. The molecule has 0 fully saturated rings. The van der Waals surface area contributed by atoms with Gasteiger partial charge in [-0.05, 0) is 20.8 Å². The van der Waals surface area contributed by atoms with Crippen molar-refractivity contribution in [1.29, 1.82) is 0 Å². The predicted octanol–water partition coefficient (Wildman–Crippen LogP) is 2.09. The monoisotopic (exact) mass is 189 g/mol. The van der Waals surface area contributed by atoms with Gasteiger partial charge in [-0.3, -0.25) is 5.10 Å². The first-order valence-electron chi connectivity index (χ1n) is 4.08. The highest BCUT2D eigenvalue weighted by molar-refractivity contribution is 5.52. The standard InChI is InChI=1S/C8H13F2N3/c1-4-7(5(2)13-12-4)11-6(3)8(9)10/h6,8,11H,1-3H3,(H,12,13). The van der Waals surface area contributed by atoms with E-state index in [0.29, 0.717) is 11.4 Å². The fraction of sp³-hybridized carbons (Fsp3) is 0.625. The predicted molar refractivity (Wildman–Crippen MR) is 47.2 cm³/mol. The van der Waals surface area contributed by atoms with E-state index in [1.54, 1.807) is 13.8 Å². The van der Waals surface area contributed by atoms with Crippen LogP contribution in [-0.4, -0.2) is 22.7 Å². The van der Waals surface area contributed by atoms with Gasteiger partial charge in [0.25, 0.3) is 6.43 Å². The average molecular weight is 189 g/mol. The Kier molecular flexibility index (Phi) is 2.85. The highest BCUT2D eigenvalue weighted by Crippen LogP contribution is 2.18. The van der Waals surface area contributed by atoms with E-state index < -0.39 is 12.5 Å². The van der Waals surface area contributed by atoms with E-state index in [1.165, 1.54) is 6.92 Å². The van der Waals surface area contributed by atoms with E-state index in [1.807, 2.05) is 0 Å². The largest absolute Gasteiger partial charge is 0.374 e. The van der Waals surface area contributed by atoms with E-state index in [-0.39, 0.29) is 0 Å². The molecule has 0 spiro atoms. The van der Waals surface area contributed by atoms with E-state index >= 15 is 0 Å². The number of halogens is 2. The Labute approximate surface area is 75.5 Å². The summed E-state index contributed by atoms with van der Waals surface area (Å²) in [5.41, 5.74) is 2.17. The molecule has 1 rings (SSSR count). The molecule has 74 valence electrons. The van der Waals surface area contributed by atoms with Crippen LogP contribution in [0.4, 0.5) is 14.5 Å². The van der Waals surface area contributed by atoms with Gasteiger partial charge in [0.1, 0.15) is 0 Å². The molecule has 0 aromatic carbocycles. The fourth-order valence-corrected chi connectivity index (χ4v) is 1.05. The van der Waals surface area contributed by atoms with Crippen LogP contribution >= 0.6 is 0 Å². The number of nitrogens with one attached hydrogen (secondary N) is 2. The van der Waals surface area contributed by atoms with E-state index in [9.17, 15) is 8.78 Å². The minimum atomic E-state index is -2.37. The van der Waals surface area contributed by atoms with Crippen LogP contribution < -0.4 is 5.32 Å². The summed E-state index contributed by atoms with van der Waals surface area (Å²) >= 11 is 0. The zero-order chi connectivity index (χ0) is 10.0. The summed E-state index contributed by atoms with van der Waals surface area (Å²) in [5.74, 6) is 0. The molecule has 0 radical (unpaired) electrons. The van der Waals surface area contributed by atoms with Crippen molar-refractivity contribution in [2.75, 3.05) is 5.32 Å². The second-order valence-corrected chi connectivity index (χ2v) is 3.08. The molecule has 1 heterocycles. The van der Waals surface area contributed by atoms with Gasteiger partial charge in [0.2, 0.25) is 0 Å². The molecular formula is C8H13F2N3. The molecule has 0 saturated heterocycles. The van der Waals surface area contributed by atoms with Gasteiger partial charge >= 0.3 is 0 Å². The summed E-state index contributed by atoms with van der Waals surface area (Å²) in [4.78, 5) is 0. The lowest BCUT2D eigenvalue weighted by Crippen LogP contribution is -2.24. The number of alkyl halides is 2. The second kappa shape index (κ2) is 3.72. The van der Waals surface area contributed by atoms with Crippen LogP contribution in [0.25, 0.3) is 0 Å². The normalized spacial score (nSPS) is 13.4. The van der Waals surface area contributed by atoms with Gasteiger partial charge in [-0.2, -0.15) is 5.10 Å². The van der Waals surface area contributed by atoms with Gasteiger partial charge in [0.15, 0.2) is 0 Å². The Bertz CT molecular complexity index is 263. The van der Waals surface area contributed by atoms with Crippen molar-refractivity contribution in [1.82, 2.24) is 10.2 Å². The zero-order valence-corrected chi connectivity index (χ0v) is 7.86. The SMILES string of the molecule is Cc1n[nH]c(C)c1NC(C)C(F)F. The lowest BCUT2D eigenvalue weighted by atomic mass is 10.2. The Morgan fingerprint density at radius 3 is 2.38 bits per heavy atom. The Hall–Kier alpha value is -1.13. The first-order valence-corrected chi connectivity index (χ1v) is 4.08. The molecule has 1 atom stereocenters. The maximum atomic E-state index is 12.2. The number of aromatic nitrogens is 2. The molecule has 0 amide bonds. The van der Waals surface area contributed by atoms with Crippen molar-refractivity contribution in [2.45, 2.75) is 33.2 Å². The first kappa shape index (κ1) is 9.95. The molecule has 1 unspecified atom stereocenters. The maximum Gasteiger partial charge on any atom is 0.258 e. The Balaban J connectivity index is 2.73. The number of rotatable bonds is 3. The molecule has 0 saturated carbocycles. The first-order chi connectivity index (χ1) is 6.02. The Morgan fingerprint density at radius 2 is 2.00 bits per heavy atom. The number of hydrogen-bond acceptors (Lipinski definition) is 2. The Morgan fingerprint density at radius 1 is 1.38 bits per heavy atom. The lowest BCUT2D eigenvalue weighted by molar-refractivity contribution is 0.130. The van der Waals surface area contributed by atoms with E-state index in [0.717, 1.165) is 5.69 Å². The third kappa shape index (κ3) is 2.17. The van der Waals surface area contributed by atoms with Gasteiger partial charge < -0.3 is 5.32 Å². The summed E-state index contributed by atoms with van der Waals surface area (Å²) in [6, 6.07) is -0.852. The van der Waals surface area contributed by atoms with E-state index in [4.69, 9.17) is 0 Å². The van der Waals surface area contributed by atoms with Crippen LogP contribution in [0.2, 0.25) is 0 Å². The summed E-state index contributed by atoms with van der Waals surface area (Å²) < 4.78 is 24.4. The molecule has 0 aliphatic rings. The van der Waals surface area contributed by atoms with Crippen molar-refractivity contribution < 1.29 is 8.78 Å². The number of aryl methyl sites for hydroxylation is 2. The average Bonchev–Trinajstić information content (AvgIpc) is 2.35. The summed E-state index contributed by atoms with van der Waals surface area (Å²) in [6.45, 7) is 5.00. The molecule has 5 heteroatoms. The summed E-state index contributed by atoms with van der Waals surface area (Å²) in [6.07, 6.45) is -2.37. The van der Waals surface area contributed by atoms with Crippen molar-refractivity contribution in [3.63, 3.8) is 0 Å². The number of anilines is 1. The zero-order valence-electron chi connectivity index (χ0n) is 7.86. The van der Waals surface area contributed by atoms with Gasteiger partial charge in [-0.1, -0.05) is 0 Å². The molecule has 2 N–H and O–H groups in total. The summed E-state index contributed by atoms with van der Waals surface area (Å²) in [5, 5.41) is 9.33. The van der Waals surface area contributed by atoms with Crippen molar-refractivity contribution in [3.8, 4) is 0 Å². The lowest BCUT2D eigenvalue weighted by Gasteiger charge is -2.13. The molecule has 0 aliphatic carbocycles. The number of aromatic amines is 1. The highest BCUT2D eigenvalue weighted by atomic mass is 19.3. The molecule has 0 bridgehead atoms. The molecule has 0 aliphatic heterocycles. The van der Waals surface area contributed by atoms with Crippen LogP contribution in [0.3, 0.4) is 0 Å². The number of nitrogens with zero attached hydrogens (tertiary/aromatic N) is 1. The van der Waals surface area contributed by atoms with Crippen molar-refractivity contribution >= 4 is 5.69 Å². The van der Waals surface area contributed by atoms with Crippen LogP contribution in [-0.2, 0) is 0 Å². The third-order valence-corrected chi connectivity index (χ3v) is 1.88. The van der Waals surface area contributed by atoms with Crippen LogP contribution in [0.15, 0.2) is 0 Å². The second-order valence-electron chi connectivity index (χ2n) is 3.08. The molecule has 1 aromatic rings. The third-order valence-electron chi connectivity index (χ3n) is 1.88. The minimum absolute atomic E-state index is 0.674. The van der Waals surface area contributed by atoms with Crippen molar-refractivity contribution in [3.05, 3.63) is 11.4 Å². The van der Waals surface area contributed by atoms with Gasteiger partial charge in [0, 0.05) is 0 Å². The number of hydrogen-bond donors (Lipinski definition) is 2. The van der Waals surface area contributed by atoms with Crippen LogP contribution in [0, 0.1) is 13.8 Å². The molecule has 3 nitrogen and oxygen atoms in total.